The van der Waals surface area contributed by atoms with E-state index in [1.165, 1.54) is 42.1 Å². The summed E-state index contributed by atoms with van der Waals surface area (Å²) >= 11 is 1.98. The van der Waals surface area contributed by atoms with Crippen LogP contribution in [0.4, 0.5) is 0 Å². The number of nitrogens with zero attached hydrogens (tertiary/aromatic N) is 1. The average molecular weight is 309 g/mol. The number of hydrogen-bond acceptors (Lipinski definition) is 3. The molecule has 1 fully saturated rings. The van der Waals surface area contributed by atoms with Crippen LogP contribution >= 0.6 is 11.3 Å². The van der Waals surface area contributed by atoms with Crippen molar-refractivity contribution in [1.29, 1.82) is 0 Å². The molecule has 21 heavy (non-hydrogen) atoms. The minimum atomic E-state index is 0.479. The van der Waals surface area contributed by atoms with Crippen molar-refractivity contribution in [1.82, 2.24) is 10.2 Å². The predicted octanol–water partition coefficient (Wildman–Crippen LogP) is 4.51. The van der Waals surface area contributed by atoms with Crippen LogP contribution in [0, 0.1) is 11.3 Å². The molecule has 0 aromatic carbocycles. The summed E-state index contributed by atoms with van der Waals surface area (Å²) in [5.41, 5.74) is 0.479. The van der Waals surface area contributed by atoms with E-state index in [0.29, 0.717) is 5.41 Å². The summed E-state index contributed by atoms with van der Waals surface area (Å²) < 4.78 is 0. The normalized spacial score (nSPS) is 18.3. The van der Waals surface area contributed by atoms with Gasteiger partial charge in [-0.2, -0.15) is 0 Å². The van der Waals surface area contributed by atoms with E-state index in [-0.39, 0.29) is 0 Å². The fraction of sp³-hybridized carbons (Fsp3) is 0.778. The summed E-state index contributed by atoms with van der Waals surface area (Å²) in [6.07, 6.45) is 3.93. The van der Waals surface area contributed by atoms with Crippen molar-refractivity contribution in [3.05, 3.63) is 21.9 Å². The molecule has 1 aromatic heterocycles. The van der Waals surface area contributed by atoms with Crippen molar-refractivity contribution < 1.29 is 0 Å². The van der Waals surface area contributed by atoms with Gasteiger partial charge in [-0.05, 0) is 62.4 Å². The van der Waals surface area contributed by atoms with Crippen molar-refractivity contribution in [2.75, 3.05) is 19.6 Å². The van der Waals surface area contributed by atoms with E-state index >= 15 is 0 Å². The minimum absolute atomic E-state index is 0.479. The van der Waals surface area contributed by atoms with Gasteiger partial charge in [-0.3, -0.25) is 4.90 Å². The molecule has 120 valence electrons. The second kappa shape index (κ2) is 7.75. The molecule has 1 aliphatic heterocycles. The predicted molar refractivity (Wildman–Crippen MR) is 93.8 cm³/mol. The van der Waals surface area contributed by atoms with Gasteiger partial charge < -0.3 is 5.32 Å². The van der Waals surface area contributed by atoms with Crippen molar-refractivity contribution in [2.45, 2.75) is 60.0 Å². The van der Waals surface area contributed by atoms with Gasteiger partial charge in [0.2, 0.25) is 0 Å². The Morgan fingerprint density at radius 3 is 2.48 bits per heavy atom. The van der Waals surface area contributed by atoms with E-state index < -0.39 is 0 Å². The Hall–Kier alpha value is -0.380. The Morgan fingerprint density at radius 1 is 1.19 bits per heavy atom. The Balaban J connectivity index is 1.76. The summed E-state index contributed by atoms with van der Waals surface area (Å²) in [6, 6.07) is 4.62. The van der Waals surface area contributed by atoms with Gasteiger partial charge in [-0.25, -0.2) is 0 Å². The van der Waals surface area contributed by atoms with E-state index in [0.717, 1.165) is 25.6 Å². The van der Waals surface area contributed by atoms with Gasteiger partial charge in [-0.1, -0.05) is 27.7 Å². The lowest BCUT2D eigenvalue weighted by Crippen LogP contribution is -2.37. The van der Waals surface area contributed by atoms with Crippen LogP contribution < -0.4 is 5.32 Å². The molecule has 1 saturated heterocycles. The molecule has 3 heteroatoms. The molecular formula is C18H32N2S. The molecule has 0 atom stereocenters. The number of hydrogen-bond donors (Lipinski definition) is 1. The lowest BCUT2D eigenvalue weighted by molar-refractivity contribution is 0.109. The maximum Gasteiger partial charge on any atom is 0.0328 e. The number of piperidine rings is 1. The number of thiophene rings is 1. The summed E-state index contributed by atoms with van der Waals surface area (Å²) in [6.45, 7) is 15.2. The zero-order chi connectivity index (χ0) is 15.3. The fourth-order valence-electron chi connectivity index (χ4n) is 3.17. The van der Waals surface area contributed by atoms with Crippen molar-refractivity contribution >= 4 is 11.3 Å². The van der Waals surface area contributed by atoms with Gasteiger partial charge in [0.25, 0.3) is 0 Å². The number of nitrogens with one attached hydrogen (secondary N) is 1. The minimum Gasteiger partial charge on any atom is -0.312 e. The second-order valence-electron chi connectivity index (χ2n) is 7.46. The summed E-state index contributed by atoms with van der Waals surface area (Å²) in [5, 5.41) is 3.49. The molecule has 2 rings (SSSR count). The highest BCUT2D eigenvalue weighted by molar-refractivity contribution is 7.11. The van der Waals surface area contributed by atoms with E-state index in [4.69, 9.17) is 0 Å². The zero-order valence-corrected chi connectivity index (χ0v) is 15.1. The Bertz CT molecular complexity index is 411. The molecule has 0 unspecified atom stereocenters. The fourth-order valence-corrected chi connectivity index (χ4v) is 4.20. The van der Waals surface area contributed by atoms with Gasteiger partial charge in [-0.15, -0.1) is 11.3 Å². The van der Waals surface area contributed by atoms with Gasteiger partial charge in [0.1, 0.15) is 0 Å². The van der Waals surface area contributed by atoms with Crippen LogP contribution in [-0.2, 0) is 13.1 Å². The van der Waals surface area contributed by atoms with E-state index in [1.54, 1.807) is 0 Å². The molecule has 0 radical (unpaired) electrons. The van der Waals surface area contributed by atoms with E-state index in [9.17, 15) is 0 Å². The monoisotopic (exact) mass is 308 g/mol. The molecule has 2 heterocycles. The third-order valence-corrected chi connectivity index (χ3v) is 5.71. The smallest absolute Gasteiger partial charge is 0.0328 e. The summed E-state index contributed by atoms with van der Waals surface area (Å²) in [4.78, 5) is 5.64. The van der Waals surface area contributed by atoms with Crippen LogP contribution in [0.2, 0.25) is 0 Å². The molecule has 0 spiro atoms. The summed E-state index contributed by atoms with van der Waals surface area (Å²) in [7, 11) is 0. The average Bonchev–Trinajstić information content (AvgIpc) is 2.86. The Morgan fingerprint density at radius 2 is 1.86 bits per heavy atom. The lowest BCUT2D eigenvalue weighted by Gasteiger charge is -2.38. The van der Waals surface area contributed by atoms with Crippen molar-refractivity contribution in [3.8, 4) is 0 Å². The van der Waals surface area contributed by atoms with Crippen molar-refractivity contribution in [2.24, 2.45) is 11.3 Å². The molecule has 0 bridgehead atoms. The highest BCUT2D eigenvalue weighted by atomic mass is 32.1. The standard InChI is InChI=1S/C18H32N2S/c1-5-10-19-13-16-6-7-17(21-16)14-20-11-8-15(9-12-20)18(2,3)4/h6-7,15,19H,5,8-14H2,1-4H3. The zero-order valence-electron chi connectivity index (χ0n) is 14.2. The molecule has 0 saturated carbocycles. The second-order valence-corrected chi connectivity index (χ2v) is 8.71. The van der Waals surface area contributed by atoms with Gasteiger partial charge >= 0.3 is 0 Å². The van der Waals surface area contributed by atoms with E-state index in [1.807, 2.05) is 11.3 Å². The molecule has 1 aromatic rings. The third kappa shape index (κ3) is 5.39. The number of rotatable bonds is 6. The van der Waals surface area contributed by atoms with Gasteiger partial charge in [0.05, 0.1) is 0 Å². The summed E-state index contributed by atoms with van der Waals surface area (Å²) in [5.74, 6) is 0.894. The Labute approximate surface area is 134 Å². The first-order valence-electron chi connectivity index (χ1n) is 8.49. The van der Waals surface area contributed by atoms with Crippen LogP contribution in [0.25, 0.3) is 0 Å². The highest BCUT2D eigenvalue weighted by Crippen LogP contribution is 2.34. The highest BCUT2D eigenvalue weighted by Gasteiger charge is 2.28. The van der Waals surface area contributed by atoms with Crippen LogP contribution in [-0.4, -0.2) is 24.5 Å². The first-order valence-corrected chi connectivity index (χ1v) is 9.31. The number of likely N-dealkylation sites (tertiary alicyclic amines) is 1. The van der Waals surface area contributed by atoms with Gasteiger partial charge in [0.15, 0.2) is 0 Å². The first kappa shape index (κ1) is 17.0. The van der Waals surface area contributed by atoms with Gasteiger partial charge in [0, 0.05) is 22.8 Å². The molecule has 1 N–H and O–H groups in total. The molecule has 2 nitrogen and oxygen atoms in total. The third-order valence-electron chi connectivity index (χ3n) is 4.64. The van der Waals surface area contributed by atoms with Crippen molar-refractivity contribution in [3.63, 3.8) is 0 Å². The lowest BCUT2D eigenvalue weighted by atomic mass is 9.75. The maximum atomic E-state index is 3.49. The molecule has 1 aliphatic rings. The van der Waals surface area contributed by atoms with Crippen LogP contribution in [0.5, 0.6) is 0 Å². The molecule has 0 amide bonds. The van der Waals surface area contributed by atoms with Crippen LogP contribution in [0.15, 0.2) is 12.1 Å². The van der Waals surface area contributed by atoms with E-state index in [2.05, 4.69) is 50.0 Å². The first-order chi connectivity index (χ1) is 9.99. The molecular weight excluding hydrogens is 276 g/mol. The largest absolute Gasteiger partial charge is 0.312 e. The SMILES string of the molecule is CCCNCc1ccc(CN2CCC(C(C)(C)C)CC2)s1. The molecule has 0 aliphatic carbocycles. The topological polar surface area (TPSA) is 15.3 Å². The quantitative estimate of drug-likeness (QED) is 0.778. The maximum absolute atomic E-state index is 3.49. The van der Waals surface area contributed by atoms with Crippen LogP contribution in [0.3, 0.4) is 0 Å². The Kier molecular flexibility index (Phi) is 6.27. The van der Waals surface area contributed by atoms with Crippen LogP contribution in [0.1, 0.15) is 56.7 Å².